The molecule has 0 bridgehead atoms. The average Bonchev–Trinajstić information content (AvgIpc) is 3.16. The van der Waals surface area contributed by atoms with Gasteiger partial charge in [-0.1, -0.05) is 47.6 Å². The maximum absolute atomic E-state index is 12.7. The monoisotopic (exact) mass is 452 g/mol. The second-order valence-electron chi connectivity index (χ2n) is 7.48. The van der Waals surface area contributed by atoms with Gasteiger partial charge < -0.3 is 15.2 Å². The molecule has 0 spiro atoms. The molecule has 7 nitrogen and oxygen atoms in total. The predicted molar refractivity (Wildman–Crippen MR) is 126 cm³/mol. The summed E-state index contributed by atoms with van der Waals surface area (Å²) in [5, 5.41) is 13.6. The zero-order valence-electron chi connectivity index (χ0n) is 16.8. The molecule has 1 aliphatic heterocycles. The number of carbonyl (C=O) groups is 1. The number of aromatic nitrogens is 4. The molecule has 1 fully saturated rings. The highest BCUT2D eigenvalue weighted by molar-refractivity contribution is 7.99. The second kappa shape index (κ2) is 8.72. The Balaban J connectivity index is 1.29. The number of thioether (sulfide) groups is 1. The van der Waals surface area contributed by atoms with E-state index in [9.17, 15) is 4.79 Å². The lowest BCUT2D eigenvalue weighted by Crippen LogP contribution is -2.31. The standard InChI is InChI=1S/C22H21ClN6OS/c23-15-8-6-10-17(20(15)29-11-4-1-5-12-29)24-18(30)13-31-22-26-21-19(27-28-22)14-7-2-3-9-16(14)25-21/h2-3,6-10H,1,4-5,11-13H2,(H,24,30)(H,25,26,28). The Hall–Kier alpha value is -2.84. The van der Waals surface area contributed by atoms with Crippen LogP contribution in [0, 0.1) is 0 Å². The van der Waals surface area contributed by atoms with Crippen LogP contribution in [0.3, 0.4) is 0 Å². The smallest absolute Gasteiger partial charge is 0.234 e. The third-order valence-corrected chi connectivity index (χ3v) is 6.51. The summed E-state index contributed by atoms with van der Waals surface area (Å²) in [4.78, 5) is 22.7. The van der Waals surface area contributed by atoms with E-state index in [0.29, 0.717) is 15.8 Å². The lowest BCUT2D eigenvalue weighted by atomic mass is 10.1. The van der Waals surface area contributed by atoms with Gasteiger partial charge in [-0.15, -0.1) is 10.2 Å². The van der Waals surface area contributed by atoms with E-state index in [1.165, 1.54) is 18.2 Å². The predicted octanol–water partition coefficient (Wildman–Crippen LogP) is 4.88. The Morgan fingerprint density at radius 3 is 2.81 bits per heavy atom. The molecule has 0 aliphatic carbocycles. The van der Waals surface area contributed by atoms with Crippen molar-refractivity contribution in [1.82, 2.24) is 20.2 Å². The van der Waals surface area contributed by atoms with Gasteiger partial charge in [-0.3, -0.25) is 4.79 Å². The van der Waals surface area contributed by atoms with Crippen LogP contribution in [0.4, 0.5) is 11.4 Å². The summed E-state index contributed by atoms with van der Waals surface area (Å²) in [6, 6.07) is 13.5. The molecule has 0 atom stereocenters. The summed E-state index contributed by atoms with van der Waals surface area (Å²) in [5.41, 5.74) is 4.01. The fourth-order valence-corrected chi connectivity index (χ4v) is 4.82. The van der Waals surface area contributed by atoms with Gasteiger partial charge in [0.2, 0.25) is 11.1 Å². The van der Waals surface area contributed by atoms with Crippen molar-refractivity contribution >= 4 is 62.7 Å². The van der Waals surface area contributed by atoms with E-state index >= 15 is 0 Å². The number of hydrogen-bond donors (Lipinski definition) is 2. The van der Waals surface area contributed by atoms with Crippen molar-refractivity contribution in [2.24, 2.45) is 0 Å². The van der Waals surface area contributed by atoms with Crippen LogP contribution in [0.25, 0.3) is 22.1 Å². The molecule has 3 heterocycles. The van der Waals surface area contributed by atoms with Gasteiger partial charge in [0.1, 0.15) is 5.52 Å². The zero-order chi connectivity index (χ0) is 21.2. The van der Waals surface area contributed by atoms with Crippen LogP contribution >= 0.6 is 23.4 Å². The summed E-state index contributed by atoms with van der Waals surface area (Å²) in [6.45, 7) is 1.90. The Kier molecular flexibility index (Phi) is 5.65. The SMILES string of the molecule is O=C(CSc1nnc2c(n1)[nH]c1ccccc12)Nc1cccc(Cl)c1N1CCCCC1. The molecule has 4 aromatic rings. The van der Waals surface area contributed by atoms with Crippen molar-refractivity contribution in [3.63, 3.8) is 0 Å². The number of aromatic amines is 1. The number of para-hydroxylation sites is 2. The van der Waals surface area contributed by atoms with Crippen molar-refractivity contribution in [3.05, 3.63) is 47.5 Å². The third-order valence-electron chi connectivity index (χ3n) is 5.37. The second-order valence-corrected chi connectivity index (χ2v) is 8.83. The number of piperidine rings is 1. The lowest BCUT2D eigenvalue weighted by molar-refractivity contribution is -0.113. The Bertz CT molecular complexity index is 1250. The number of halogens is 1. The molecule has 0 saturated carbocycles. The largest absolute Gasteiger partial charge is 0.369 e. The Labute approximate surface area is 188 Å². The summed E-state index contributed by atoms with van der Waals surface area (Å²) in [6.07, 6.45) is 3.50. The van der Waals surface area contributed by atoms with E-state index in [2.05, 4.69) is 30.4 Å². The van der Waals surface area contributed by atoms with E-state index in [1.807, 2.05) is 42.5 Å². The summed E-state index contributed by atoms with van der Waals surface area (Å²) < 4.78 is 0. The van der Waals surface area contributed by atoms with E-state index in [4.69, 9.17) is 11.6 Å². The number of rotatable bonds is 5. The van der Waals surface area contributed by atoms with Crippen LogP contribution in [0.5, 0.6) is 0 Å². The molecule has 1 amide bonds. The Morgan fingerprint density at radius 1 is 1.10 bits per heavy atom. The number of anilines is 2. The fraction of sp³-hybridized carbons (Fsp3) is 0.273. The number of benzene rings is 2. The molecule has 158 valence electrons. The van der Waals surface area contributed by atoms with Crippen molar-refractivity contribution in [3.8, 4) is 0 Å². The molecule has 0 radical (unpaired) electrons. The van der Waals surface area contributed by atoms with Gasteiger partial charge in [0.15, 0.2) is 5.65 Å². The first-order valence-corrected chi connectivity index (χ1v) is 11.6. The maximum Gasteiger partial charge on any atom is 0.234 e. The molecule has 0 unspecified atom stereocenters. The van der Waals surface area contributed by atoms with Gasteiger partial charge in [0.05, 0.1) is 22.2 Å². The Morgan fingerprint density at radius 2 is 1.94 bits per heavy atom. The van der Waals surface area contributed by atoms with Gasteiger partial charge >= 0.3 is 0 Å². The average molecular weight is 453 g/mol. The van der Waals surface area contributed by atoms with Crippen molar-refractivity contribution in [2.75, 3.05) is 29.1 Å². The molecule has 1 saturated heterocycles. The van der Waals surface area contributed by atoms with Gasteiger partial charge in [-0.05, 0) is 37.5 Å². The van der Waals surface area contributed by atoms with Crippen molar-refractivity contribution < 1.29 is 4.79 Å². The number of nitrogens with one attached hydrogen (secondary N) is 2. The summed E-state index contributed by atoms with van der Waals surface area (Å²) >= 11 is 7.73. The van der Waals surface area contributed by atoms with E-state index in [0.717, 1.165) is 53.7 Å². The minimum absolute atomic E-state index is 0.133. The minimum Gasteiger partial charge on any atom is -0.369 e. The number of H-pyrrole nitrogens is 1. The molecule has 2 aromatic heterocycles. The third kappa shape index (κ3) is 4.18. The van der Waals surface area contributed by atoms with E-state index < -0.39 is 0 Å². The number of hydrogen-bond acceptors (Lipinski definition) is 6. The lowest BCUT2D eigenvalue weighted by Gasteiger charge is -2.31. The normalized spacial score (nSPS) is 14.3. The molecule has 2 aromatic carbocycles. The van der Waals surface area contributed by atoms with Crippen LogP contribution in [-0.4, -0.2) is 44.9 Å². The summed E-state index contributed by atoms with van der Waals surface area (Å²) in [7, 11) is 0. The molecule has 1 aliphatic rings. The molecule has 2 N–H and O–H groups in total. The first-order valence-electron chi connectivity index (χ1n) is 10.3. The highest BCUT2D eigenvalue weighted by Crippen LogP contribution is 2.35. The van der Waals surface area contributed by atoms with E-state index in [1.54, 1.807) is 0 Å². The van der Waals surface area contributed by atoms with Crippen LogP contribution in [0.1, 0.15) is 19.3 Å². The molecular formula is C22H21ClN6OS. The van der Waals surface area contributed by atoms with Gasteiger partial charge in [0.25, 0.3) is 0 Å². The van der Waals surface area contributed by atoms with Gasteiger partial charge in [-0.2, -0.15) is 0 Å². The molecule has 5 rings (SSSR count). The number of fused-ring (bicyclic) bond motifs is 3. The molecular weight excluding hydrogens is 432 g/mol. The first-order chi connectivity index (χ1) is 15.2. The van der Waals surface area contributed by atoms with Crippen LogP contribution in [0.2, 0.25) is 5.02 Å². The highest BCUT2D eigenvalue weighted by atomic mass is 35.5. The van der Waals surface area contributed by atoms with Crippen LogP contribution < -0.4 is 10.2 Å². The van der Waals surface area contributed by atoms with Crippen LogP contribution in [0.15, 0.2) is 47.6 Å². The minimum atomic E-state index is -0.133. The van der Waals surface area contributed by atoms with Crippen molar-refractivity contribution in [2.45, 2.75) is 24.4 Å². The fourth-order valence-electron chi connectivity index (χ4n) is 3.94. The molecule has 31 heavy (non-hydrogen) atoms. The van der Waals surface area contributed by atoms with E-state index in [-0.39, 0.29) is 11.7 Å². The highest BCUT2D eigenvalue weighted by Gasteiger charge is 2.19. The molecule has 9 heteroatoms. The topological polar surface area (TPSA) is 86.8 Å². The first kappa shape index (κ1) is 20.1. The quantitative estimate of drug-likeness (QED) is 0.419. The van der Waals surface area contributed by atoms with Gasteiger partial charge in [0, 0.05) is 24.0 Å². The zero-order valence-corrected chi connectivity index (χ0v) is 18.3. The number of amides is 1. The van der Waals surface area contributed by atoms with Crippen LogP contribution in [-0.2, 0) is 4.79 Å². The van der Waals surface area contributed by atoms with Gasteiger partial charge in [-0.25, -0.2) is 4.98 Å². The van der Waals surface area contributed by atoms with Crippen molar-refractivity contribution in [1.29, 1.82) is 0 Å². The number of nitrogens with zero attached hydrogens (tertiary/aromatic N) is 4. The summed E-state index contributed by atoms with van der Waals surface area (Å²) in [5.74, 6) is 0.0465. The number of carbonyl (C=O) groups excluding carboxylic acids is 1. The maximum atomic E-state index is 12.7.